The zero-order chi connectivity index (χ0) is 9.42. The number of amides is 2. The topological polar surface area (TPSA) is 55.1 Å². The molecule has 2 saturated carbocycles. The van der Waals surface area contributed by atoms with Gasteiger partial charge in [-0.25, -0.2) is 4.79 Å². The van der Waals surface area contributed by atoms with Gasteiger partial charge >= 0.3 is 6.03 Å². The maximum atomic E-state index is 10.7. The summed E-state index contributed by atoms with van der Waals surface area (Å²) in [5.74, 6) is 2.48. The molecule has 2 rings (SSSR count). The molecule has 3 nitrogen and oxygen atoms in total. The van der Waals surface area contributed by atoms with Gasteiger partial charge in [0.25, 0.3) is 0 Å². The number of nitrogens with one attached hydrogen (secondary N) is 1. The van der Waals surface area contributed by atoms with Crippen molar-refractivity contribution in [2.24, 2.45) is 23.5 Å². The highest BCUT2D eigenvalue weighted by Crippen LogP contribution is 2.49. The Bertz CT molecular complexity index is 217. The van der Waals surface area contributed by atoms with Gasteiger partial charge in [-0.3, -0.25) is 0 Å². The van der Waals surface area contributed by atoms with Crippen LogP contribution in [0.25, 0.3) is 0 Å². The fourth-order valence-electron chi connectivity index (χ4n) is 3.24. The number of urea groups is 1. The van der Waals surface area contributed by atoms with Gasteiger partial charge in [0.2, 0.25) is 0 Å². The van der Waals surface area contributed by atoms with E-state index in [0.29, 0.717) is 5.92 Å². The standard InChI is InChI=1S/C10H18N2O/c1-6(12-10(11)13)9-5-7-2-3-8(9)4-7/h6-9H,2-5H2,1H3,(H3,11,12,13)/t6-,7+,8+,9-/m1/s1. The lowest BCUT2D eigenvalue weighted by Crippen LogP contribution is -2.42. The average Bonchev–Trinajstić information content (AvgIpc) is 2.62. The van der Waals surface area contributed by atoms with Gasteiger partial charge in [-0.15, -0.1) is 0 Å². The summed E-state index contributed by atoms with van der Waals surface area (Å²) in [4.78, 5) is 10.7. The Labute approximate surface area is 79.1 Å². The number of primary amides is 1. The average molecular weight is 182 g/mol. The molecule has 0 aliphatic heterocycles. The summed E-state index contributed by atoms with van der Waals surface area (Å²) < 4.78 is 0. The Hall–Kier alpha value is -0.730. The van der Waals surface area contributed by atoms with Crippen molar-refractivity contribution in [1.29, 1.82) is 0 Å². The molecule has 0 saturated heterocycles. The van der Waals surface area contributed by atoms with Crippen LogP contribution in [0.3, 0.4) is 0 Å². The SMILES string of the molecule is C[C@@H](NC(N)=O)[C@H]1C[C@H]2CC[C@H]1C2. The molecule has 2 fully saturated rings. The zero-order valence-corrected chi connectivity index (χ0v) is 8.12. The number of nitrogens with two attached hydrogens (primary N) is 1. The molecule has 0 heterocycles. The molecule has 0 aromatic rings. The van der Waals surface area contributed by atoms with Crippen LogP contribution in [0.2, 0.25) is 0 Å². The highest BCUT2D eigenvalue weighted by molar-refractivity contribution is 5.71. The van der Waals surface area contributed by atoms with Crippen LogP contribution in [0.5, 0.6) is 0 Å². The van der Waals surface area contributed by atoms with E-state index < -0.39 is 0 Å². The van der Waals surface area contributed by atoms with Gasteiger partial charge in [-0.05, 0) is 43.9 Å². The van der Waals surface area contributed by atoms with Gasteiger partial charge < -0.3 is 11.1 Å². The summed E-state index contributed by atoms with van der Waals surface area (Å²) in [6.07, 6.45) is 5.45. The molecule has 0 unspecified atom stereocenters. The van der Waals surface area contributed by atoms with Crippen LogP contribution in [-0.4, -0.2) is 12.1 Å². The van der Waals surface area contributed by atoms with Crippen molar-refractivity contribution >= 4 is 6.03 Å². The summed E-state index contributed by atoms with van der Waals surface area (Å²) in [6.45, 7) is 2.08. The van der Waals surface area contributed by atoms with Crippen molar-refractivity contribution in [3.05, 3.63) is 0 Å². The predicted molar refractivity (Wildman–Crippen MR) is 51.1 cm³/mol. The quantitative estimate of drug-likeness (QED) is 0.667. The smallest absolute Gasteiger partial charge is 0.312 e. The third-order valence-electron chi connectivity index (χ3n) is 3.80. The lowest BCUT2D eigenvalue weighted by Gasteiger charge is -2.27. The van der Waals surface area contributed by atoms with E-state index in [4.69, 9.17) is 5.73 Å². The minimum absolute atomic E-state index is 0.271. The third-order valence-corrected chi connectivity index (χ3v) is 3.80. The van der Waals surface area contributed by atoms with Gasteiger partial charge in [0.05, 0.1) is 0 Å². The monoisotopic (exact) mass is 182 g/mol. The summed E-state index contributed by atoms with van der Waals surface area (Å²) in [5.41, 5.74) is 5.11. The maximum absolute atomic E-state index is 10.7. The fraction of sp³-hybridized carbons (Fsp3) is 0.900. The van der Waals surface area contributed by atoms with E-state index >= 15 is 0 Å². The molecular weight excluding hydrogens is 164 g/mol. The lowest BCUT2D eigenvalue weighted by molar-refractivity contribution is 0.227. The number of hydrogen-bond donors (Lipinski definition) is 2. The lowest BCUT2D eigenvalue weighted by atomic mass is 9.84. The van der Waals surface area contributed by atoms with Crippen molar-refractivity contribution < 1.29 is 4.79 Å². The summed E-state index contributed by atoms with van der Waals surface area (Å²) in [5, 5.41) is 2.81. The maximum Gasteiger partial charge on any atom is 0.312 e. The first-order valence-corrected chi connectivity index (χ1v) is 5.22. The molecule has 3 N–H and O–H groups in total. The van der Waals surface area contributed by atoms with E-state index in [1.54, 1.807) is 0 Å². The molecule has 3 heteroatoms. The normalized spacial score (nSPS) is 39.0. The van der Waals surface area contributed by atoms with E-state index in [9.17, 15) is 4.79 Å². The van der Waals surface area contributed by atoms with E-state index in [2.05, 4.69) is 12.2 Å². The number of hydrogen-bond acceptors (Lipinski definition) is 1. The predicted octanol–water partition coefficient (Wildman–Crippen LogP) is 1.48. The highest BCUT2D eigenvalue weighted by atomic mass is 16.2. The number of carbonyl (C=O) groups excluding carboxylic acids is 1. The first kappa shape index (κ1) is 8.85. The minimum Gasteiger partial charge on any atom is -0.352 e. The van der Waals surface area contributed by atoms with Crippen LogP contribution >= 0.6 is 0 Å². The number of fused-ring (bicyclic) bond motifs is 2. The van der Waals surface area contributed by atoms with Crippen LogP contribution < -0.4 is 11.1 Å². The molecule has 13 heavy (non-hydrogen) atoms. The summed E-state index contributed by atoms with van der Waals surface area (Å²) in [7, 11) is 0. The van der Waals surface area contributed by atoms with Crippen LogP contribution in [0.1, 0.15) is 32.6 Å². The molecular formula is C10H18N2O. The molecule has 0 aromatic carbocycles. The fourth-order valence-corrected chi connectivity index (χ4v) is 3.24. The van der Waals surface area contributed by atoms with Gasteiger partial charge in [0.1, 0.15) is 0 Å². The van der Waals surface area contributed by atoms with Crippen LogP contribution in [0.15, 0.2) is 0 Å². The molecule has 74 valence electrons. The second-order valence-corrected chi connectivity index (χ2v) is 4.64. The molecule has 4 atom stereocenters. The second-order valence-electron chi connectivity index (χ2n) is 4.64. The Balaban J connectivity index is 1.91. The summed E-state index contributed by atoms with van der Waals surface area (Å²) >= 11 is 0. The Kier molecular flexibility index (Phi) is 2.18. The molecule has 2 aliphatic carbocycles. The van der Waals surface area contributed by atoms with Crippen molar-refractivity contribution in [3.8, 4) is 0 Å². The Morgan fingerprint density at radius 2 is 2.23 bits per heavy atom. The van der Waals surface area contributed by atoms with Crippen LogP contribution in [0, 0.1) is 17.8 Å². The molecule has 0 aromatic heterocycles. The van der Waals surface area contributed by atoms with Crippen LogP contribution in [0.4, 0.5) is 4.79 Å². The summed E-state index contributed by atoms with van der Waals surface area (Å²) in [6, 6.07) is -0.108. The van der Waals surface area contributed by atoms with E-state index in [0.717, 1.165) is 11.8 Å². The first-order valence-electron chi connectivity index (χ1n) is 5.22. The molecule has 2 amide bonds. The highest BCUT2D eigenvalue weighted by Gasteiger charge is 2.41. The number of rotatable bonds is 2. The first-order chi connectivity index (χ1) is 6.16. The largest absolute Gasteiger partial charge is 0.352 e. The Morgan fingerprint density at radius 1 is 1.46 bits per heavy atom. The van der Waals surface area contributed by atoms with Gasteiger partial charge in [0, 0.05) is 6.04 Å². The van der Waals surface area contributed by atoms with Gasteiger partial charge in [-0.2, -0.15) is 0 Å². The van der Waals surface area contributed by atoms with E-state index in [-0.39, 0.29) is 12.1 Å². The van der Waals surface area contributed by atoms with Crippen molar-refractivity contribution in [3.63, 3.8) is 0 Å². The van der Waals surface area contributed by atoms with Crippen LogP contribution in [-0.2, 0) is 0 Å². The van der Waals surface area contributed by atoms with Crippen molar-refractivity contribution in [1.82, 2.24) is 5.32 Å². The van der Waals surface area contributed by atoms with Gasteiger partial charge in [-0.1, -0.05) is 6.42 Å². The van der Waals surface area contributed by atoms with E-state index in [1.165, 1.54) is 25.7 Å². The molecule has 0 spiro atoms. The molecule has 0 radical (unpaired) electrons. The molecule has 2 bridgehead atoms. The van der Waals surface area contributed by atoms with Crippen molar-refractivity contribution in [2.45, 2.75) is 38.6 Å². The zero-order valence-electron chi connectivity index (χ0n) is 8.12. The van der Waals surface area contributed by atoms with Gasteiger partial charge in [0.15, 0.2) is 0 Å². The molecule has 2 aliphatic rings. The Morgan fingerprint density at radius 3 is 2.69 bits per heavy atom. The number of carbonyl (C=O) groups is 1. The second kappa shape index (κ2) is 3.20. The van der Waals surface area contributed by atoms with Crippen molar-refractivity contribution in [2.75, 3.05) is 0 Å². The minimum atomic E-state index is -0.379. The van der Waals surface area contributed by atoms with E-state index in [1.807, 2.05) is 0 Å². The third kappa shape index (κ3) is 1.64.